The van der Waals surface area contributed by atoms with Crippen LogP contribution >= 0.6 is 0 Å². The molecule has 2 aromatic rings. The number of nitrogens with one attached hydrogen (secondary N) is 1. The van der Waals surface area contributed by atoms with Gasteiger partial charge in [-0.3, -0.25) is 4.79 Å². The van der Waals surface area contributed by atoms with Gasteiger partial charge in [-0.05, 0) is 35.4 Å². The summed E-state index contributed by atoms with van der Waals surface area (Å²) < 4.78 is 5.08. The molecule has 0 saturated carbocycles. The van der Waals surface area contributed by atoms with Crippen LogP contribution in [0.15, 0.2) is 66.9 Å². The fourth-order valence-corrected chi connectivity index (χ4v) is 1.72. The van der Waals surface area contributed by atoms with E-state index in [0.717, 1.165) is 16.9 Å². The van der Waals surface area contributed by atoms with Gasteiger partial charge in [-0.1, -0.05) is 42.5 Å². The highest BCUT2D eigenvalue weighted by atomic mass is 16.5. The molecular formula is C18H17NO2. The Kier molecular flexibility index (Phi) is 5.35. The third-order valence-electron chi connectivity index (χ3n) is 2.84. The van der Waals surface area contributed by atoms with Crippen LogP contribution in [0, 0.1) is 0 Å². The molecule has 0 fully saturated rings. The lowest BCUT2D eigenvalue weighted by molar-refractivity contribution is -0.115. The van der Waals surface area contributed by atoms with E-state index in [4.69, 9.17) is 4.74 Å². The van der Waals surface area contributed by atoms with Gasteiger partial charge in [-0.15, -0.1) is 0 Å². The van der Waals surface area contributed by atoms with Crippen molar-refractivity contribution in [2.45, 2.75) is 0 Å². The standard InChI is InChI=1S/C18H17NO2/c1-21-17-10-7-16(8-11-17)13-14-19-18(20)12-9-15-5-3-2-4-6-15/h2-14H,1H3,(H,19,20). The summed E-state index contributed by atoms with van der Waals surface area (Å²) in [6.45, 7) is 0. The van der Waals surface area contributed by atoms with Crippen LogP contribution in [-0.4, -0.2) is 13.0 Å². The maximum atomic E-state index is 11.6. The molecule has 3 nitrogen and oxygen atoms in total. The minimum absolute atomic E-state index is 0.163. The van der Waals surface area contributed by atoms with Gasteiger partial charge in [-0.25, -0.2) is 0 Å². The van der Waals surface area contributed by atoms with Crippen molar-refractivity contribution in [1.82, 2.24) is 5.32 Å². The third kappa shape index (κ3) is 4.99. The van der Waals surface area contributed by atoms with Crippen LogP contribution in [-0.2, 0) is 4.79 Å². The van der Waals surface area contributed by atoms with Crippen LogP contribution in [0.1, 0.15) is 11.1 Å². The lowest BCUT2D eigenvalue weighted by Gasteiger charge is -1.99. The number of methoxy groups -OCH3 is 1. The maximum absolute atomic E-state index is 11.6. The van der Waals surface area contributed by atoms with Crippen LogP contribution in [0.3, 0.4) is 0 Å². The number of ether oxygens (including phenoxy) is 1. The molecule has 0 aromatic heterocycles. The average Bonchev–Trinajstić information content (AvgIpc) is 2.54. The Balaban J connectivity index is 1.85. The summed E-state index contributed by atoms with van der Waals surface area (Å²) in [6.07, 6.45) is 6.73. The second-order valence-electron chi connectivity index (χ2n) is 4.36. The van der Waals surface area contributed by atoms with E-state index in [2.05, 4.69) is 5.32 Å². The molecule has 0 aliphatic carbocycles. The predicted molar refractivity (Wildman–Crippen MR) is 85.6 cm³/mol. The summed E-state index contributed by atoms with van der Waals surface area (Å²) >= 11 is 0. The summed E-state index contributed by atoms with van der Waals surface area (Å²) in [5.41, 5.74) is 1.98. The molecule has 106 valence electrons. The first-order valence-electron chi connectivity index (χ1n) is 6.62. The van der Waals surface area contributed by atoms with Gasteiger partial charge in [0, 0.05) is 12.3 Å². The van der Waals surface area contributed by atoms with E-state index in [0.29, 0.717) is 0 Å². The third-order valence-corrected chi connectivity index (χ3v) is 2.84. The Hall–Kier alpha value is -2.81. The van der Waals surface area contributed by atoms with E-state index < -0.39 is 0 Å². The van der Waals surface area contributed by atoms with E-state index in [1.54, 1.807) is 19.4 Å². The normalized spacial score (nSPS) is 10.9. The zero-order chi connectivity index (χ0) is 14.9. The van der Waals surface area contributed by atoms with E-state index in [1.807, 2.05) is 60.7 Å². The van der Waals surface area contributed by atoms with Crippen LogP contribution in [0.4, 0.5) is 0 Å². The van der Waals surface area contributed by atoms with Crippen molar-refractivity contribution in [2.75, 3.05) is 7.11 Å². The monoisotopic (exact) mass is 279 g/mol. The number of hydrogen-bond donors (Lipinski definition) is 1. The number of rotatable bonds is 5. The molecule has 0 atom stereocenters. The quantitative estimate of drug-likeness (QED) is 0.851. The van der Waals surface area contributed by atoms with Crippen molar-refractivity contribution < 1.29 is 9.53 Å². The van der Waals surface area contributed by atoms with Crippen LogP contribution in [0.5, 0.6) is 5.75 Å². The first-order valence-corrected chi connectivity index (χ1v) is 6.62. The van der Waals surface area contributed by atoms with Gasteiger partial charge in [-0.2, -0.15) is 0 Å². The van der Waals surface area contributed by atoms with Crippen molar-refractivity contribution in [1.29, 1.82) is 0 Å². The largest absolute Gasteiger partial charge is 0.497 e. The minimum atomic E-state index is -0.163. The molecule has 2 rings (SSSR count). The van der Waals surface area contributed by atoms with E-state index in [-0.39, 0.29) is 5.91 Å². The first kappa shape index (κ1) is 14.6. The Bertz CT molecular complexity index is 628. The second kappa shape index (κ2) is 7.70. The van der Waals surface area contributed by atoms with Crippen molar-refractivity contribution in [3.63, 3.8) is 0 Å². The summed E-state index contributed by atoms with van der Waals surface area (Å²) in [6, 6.07) is 17.3. The molecule has 1 amide bonds. The Morgan fingerprint density at radius 2 is 1.62 bits per heavy atom. The van der Waals surface area contributed by atoms with Gasteiger partial charge < -0.3 is 10.1 Å². The Labute approximate surface area is 124 Å². The molecule has 0 radical (unpaired) electrons. The smallest absolute Gasteiger partial charge is 0.247 e. The van der Waals surface area contributed by atoms with Gasteiger partial charge in [0.15, 0.2) is 0 Å². The van der Waals surface area contributed by atoms with Crippen LogP contribution in [0.25, 0.3) is 12.2 Å². The van der Waals surface area contributed by atoms with Crippen molar-refractivity contribution in [3.8, 4) is 5.75 Å². The van der Waals surface area contributed by atoms with Gasteiger partial charge >= 0.3 is 0 Å². The fourth-order valence-electron chi connectivity index (χ4n) is 1.72. The second-order valence-corrected chi connectivity index (χ2v) is 4.36. The molecule has 1 N–H and O–H groups in total. The average molecular weight is 279 g/mol. The molecule has 0 aliphatic heterocycles. The number of benzene rings is 2. The maximum Gasteiger partial charge on any atom is 0.247 e. The van der Waals surface area contributed by atoms with Crippen molar-refractivity contribution in [3.05, 3.63) is 78.0 Å². The summed E-state index contributed by atoms with van der Waals surface area (Å²) in [5.74, 6) is 0.644. The summed E-state index contributed by atoms with van der Waals surface area (Å²) in [4.78, 5) is 11.6. The molecule has 3 heteroatoms. The van der Waals surface area contributed by atoms with Crippen molar-refractivity contribution in [2.24, 2.45) is 0 Å². The number of carbonyl (C=O) groups excluding carboxylic acids is 1. The van der Waals surface area contributed by atoms with E-state index in [1.165, 1.54) is 6.08 Å². The van der Waals surface area contributed by atoms with Crippen LogP contribution < -0.4 is 10.1 Å². The van der Waals surface area contributed by atoms with E-state index >= 15 is 0 Å². The highest BCUT2D eigenvalue weighted by molar-refractivity contribution is 5.92. The van der Waals surface area contributed by atoms with Gasteiger partial charge in [0.25, 0.3) is 0 Å². The minimum Gasteiger partial charge on any atom is -0.497 e. The highest BCUT2D eigenvalue weighted by Gasteiger charge is 1.92. The molecule has 21 heavy (non-hydrogen) atoms. The molecule has 0 spiro atoms. The molecule has 2 aromatic carbocycles. The molecule has 0 saturated heterocycles. The number of amides is 1. The topological polar surface area (TPSA) is 38.3 Å². The Morgan fingerprint density at radius 3 is 2.29 bits per heavy atom. The highest BCUT2D eigenvalue weighted by Crippen LogP contribution is 2.11. The number of carbonyl (C=O) groups is 1. The predicted octanol–water partition coefficient (Wildman–Crippen LogP) is 3.50. The zero-order valence-corrected chi connectivity index (χ0v) is 11.8. The summed E-state index contributed by atoms with van der Waals surface area (Å²) in [5, 5.41) is 2.69. The zero-order valence-electron chi connectivity index (χ0n) is 11.8. The first-order chi connectivity index (χ1) is 10.3. The molecular weight excluding hydrogens is 262 g/mol. The molecule has 0 unspecified atom stereocenters. The summed E-state index contributed by atoms with van der Waals surface area (Å²) in [7, 11) is 1.63. The number of hydrogen-bond acceptors (Lipinski definition) is 2. The van der Waals surface area contributed by atoms with Gasteiger partial charge in [0.2, 0.25) is 5.91 Å². The molecule has 0 bridgehead atoms. The molecule has 0 heterocycles. The lowest BCUT2D eigenvalue weighted by Crippen LogP contribution is -2.13. The Morgan fingerprint density at radius 1 is 0.952 bits per heavy atom. The SMILES string of the molecule is COc1ccc(C=CNC(=O)C=Cc2ccccc2)cc1. The van der Waals surface area contributed by atoms with Gasteiger partial charge in [0.05, 0.1) is 7.11 Å². The van der Waals surface area contributed by atoms with Gasteiger partial charge in [0.1, 0.15) is 5.75 Å². The lowest BCUT2D eigenvalue weighted by atomic mass is 10.2. The van der Waals surface area contributed by atoms with Crippen molar-refractivity contribution >= 4 is 18.1 Å². The van der Waals surface area contributed by atoms with Crippen LogP contribution in [0.2, 0.25) is 0 Å². The fraction of sp³-hybridized carbons (Fsp3) is 0.0556. The molecule has 0 aliphatic rings. The van der Waals surface area contributed by atoms with E-state index in [9.17, 15) is 4.79 Å².